The lowest BCUT2D eigenvalue weighted by Gasteiger charge is -2.27. The maximum atomic E-state index is 13.2. The molecule has 1 unspecified atom stereocenters. The van der Waals surface area contributed by atoms with Crippen LogP contribution in [-0.2, 0) is 20.9 Å². The lowest BCUT2D eigenvalue weighted by atomic mass is 10.0. The summed E-state index contributed by atoms with van der Waals surface area (Å²) in [4.78, 5) is 70.9. The molecule has 37 heavy (non-hydrogen) atoms. The van der Waals surface area contributed by atoms with Gasteiger partial charge in [-0.05, 0) is 30.7 Å². The van der Waals surface area contributed by atoms with Crippen molar-refractivity contribution in [3.63, 3.8) is 0 Å². The fourth-order valence-electron chi connectivity index (χ4n) is 4.54. The van der Waals surface area contributed by atoms with Crippen LogP contribution >= 0.6 is 0 Å². The van der Waals surface area contributed by atoms with Crippen molar-refractivity contribution in [3.8, 4) is 11.3 Å². The average molecular weight is 498 g/mol. The Bertz CT molecular complexity index is 1640. The number of rotatable bonds is 5. The molecule has 6 rings (SSSR count). The molecule has 0 aliphatic carbocycles. The summed E-state index contributed by atoms with van der Waals surface area (Å²) in [6, 6.07) is 7.18. The number of aromatic amines is 1. The Morgan fingerprint density at radius 2 is 2.00 bits per heavy atom. The maximum Gasteiger partial charge on any atom is 0.264 e. The van der Waals surface area contributed by atoms with Crippen molar-refractivity contribution >= 4 is 46.3 Å². The van der Waals surface area contributed by atoms with Crippen LogP contribution in [0, 0.1) is 0 Å². The standard InChI is InChI=1S/C24H18N8O5/c33-18-5-4-17(22(35)28-18)32-23(36)14-2-1-3-15(20(14)24(32)37)27-19(34)11-31-10-16(29-30-31)13-8-12-6-7-25-21(12)26-9-13/h1-3,6-10,17H,4-5,11H2,(H,25,26)(H,27,34)(H,28,33,35). The molecule has 0 radical (unpaired) electrons. The SMILES string of the molecule is O=C1CCC(N2C(=O)c3cccc(NC(=O)Cn4cc(-c5cnc6[nH]ccc6c5)nn4)c3C2=O)C(=O)N1. The number of hydrogen-bond donors (Lipinski definition) is 3. The van der Waals surface area contributed by atoms with Crippen molar-refractivity contribution in [1.82, 2.24) is 35.2 Å². The lowest BCUT2D eigenvalue weighted by molar-refractivity contribution is -0.136. The van der Waals surface area contributed by atoms with E-state index in [2.05, 4.69) is 30.9 Å². The number of anilines is 1. The first kappa shape index (κ1) is 22.3. The van der Waals surface area contributed by atoms with Crippen molar-refractivity contribution in [1.29, 1.82) is 0 Å². The lowest BCUT2D eigenvalue weighted by Crippen LogP contribution is -2.54. The van der Waals surface area contributed by atoms with E-state index in [1.54, 1.807) is 18.6 Å². The predicted molar refractivity (Wildman–Crippen MR) is 127 cm³/mol. The number of carbonyl (C=O) groups excluding carboxylic acids is 5. The van der Waals surface area contributed by atoms with Gasteiger partial charge in [0.05, 0.1) is 23.0 Å². The fourth-order valence-corrected chi connectivity index (χ4v) is 4.54. The number of piperidine rings is 1. The first-order valence-electron chi connectivity index (χ1n) is 11.4. The Balaban J connectivity index is 1.19. The Kier molecular flexibility index (Phi) is 5.10. The van der Waals surface area contributed by atoms with E-state index in [4.69, 9.17) is 0 Å². The number of benzene rings is 1. The minimum atomic E-state index is -1.10. The third-order valence-electron chi connectivity index (χ3n) is 6.28. The van der Waals surface area contributed by atoms with E-state index in [1.165, 1.54) is 22.9 Å². The summed E-state index contributed by atoms with van der Waals surface area (Å²) in [5.74, 6) is -3.02. The second-order valence-corrected chi connectivity index (χ2v) is 8.66. The summed E-state index contributed by atoms with van der Waals surface area (Å²) in [6.07, 6.45) is 5.09. The molecule has 13 heteroatoms. The molecule has 13 nitrogen and oxygen atoms in total. The van der Waals surface area contributed by atoms with E-state index in [9.17, 15) is 24.0 Å². The van der Waals surface area contributed by atoms with Gasteiger partial charge in [-0.2, -0.15) is 0 Å². The van der Waals surface area contributed by atoms with E-state index in [0.29, 0.717) is 5.69 Å². The van der Waals surface area contributed by atoms with Gasteiger partial charge in [-0.3, -0.25) is 34.2 Å². The number of H-pyrrole nitrogens is 1. The van der Waals surface area contributed by atoms with E-state index in [0.717, 1.165) is 21.5 Å². The van der Waals surface area contributed by atoms with Gasteiger partial charge in [-0.25, -0.2) is 9.67 Å². The summed E-state index contributed by atoms with van der Waals surface area (Å²) in [5, 5.41) is 13.8. The van der Waals surface area contributed by atoms with E-state index in [-0.39, 0.29) is 36.2 Å². The van der Waals surface area contributed by atoms with Gasteiger partial charge in [0.15, 0.2) is 0 Å². The number of fused-ring (bicyclic) bond motifs is 2. The highest BCUT2D eigenvalue weighted by Gasteiger charge is 2.45. The molecule has 1 aromatic carbocycles. The summed E-state index contributed by atoms with van der Waals surface area (Å²) in [6.45, 7) is -0.199. The zero-order valence-electron chi connectivity index (χ0n) is 19.1. The molecule has 0 saturated carbocycles. The number of nitrogens with one attached hydrogen (secondary N) is 3. The van der Waals surface area contributed by atoms with Crippen LogP contribution in [0.25, 0.3) is 22.3 Å². The Morgan fingerprint density at radius 1 is 1.14 bits per heavy atom. The summed E-state index contributed by atoms with van der Waals surface area (Å²) < 4.78 is 1.35. The molecule has 3 N–H and O–H groups in total. The van der Waals surface area contributed by atoms with E-state index >= 15 is 0 Å². The van der Waals surface area contributed by atoms with Gasteiger partial charge in [-0.15, -0.1) is 5.10 Å². The molecule has 2 aliphatic rings. The highest BCUT2D eigenvalue weighted by Crippen LogP contribution is 2.32. The molecule has 1 fully saturated rings. The highest BCUT2D eigenvalue weighted by molar-refractivity contribution is 6.26. The molecule has 2 aliphatic heterocycles. The maximum absolute atomic E-state index is 13.2. The number of amides is 5. The minimum absolute atomic E-state index is 0.00397. The van der Waals surface area contributed by atoms with Crippen molar-refractivity contribution < 1.29 is 24.0 Å². The highest BCUT2D eigenvalue weighted by atomic mass is 16.2. The van der Waals surface area contributed by atoms with Crippen LogP contribution in [-0.4, -0.2) is 65.4 Å². The van der Waals surface area contributed by atoms with Crippen LogP contribution in [0.5, 0.6) is 0 Å². The Labute approximate surface area is 207 Å². The number of imide groups is 2. The molecule has 4 aromatic rings. The minimum Gasteiger partial charge on any atom is -0.346 e. The van der Waals surface area contributed by atoms with E-state index in [1.807, 2.05) is 12.1 Å². The number of hydrogen-bond acceptors (Lipinski definition) is 8. The van der Waals surface area contributed by atoms with Gasteiger partial charge < -0.3 is 10.3 Å². The van der Waals surface area contributed by atoms with Gasteiger partial charge in [0, 0.05) is 29.8 Å². The first-order chi connectivity index (χ1) is 17.9. The number of carbonyl (C=O) groups is 5. The largest absolute Gasteiger partial charge is 0.346 e. The molecular formula is C24H18N8O5. The van der Waals surface area contributed by atoms with Gasteiger partial charge in [0.25, 0.3) is 11.8 Å². The molecule has 0 spiro atoms. The summed E-state index contributed by atoms with van der Waals surface area (Å²) in [5.41, 5.74) is 2.22. The van der Waals surface area contributed by atoms with Crippen molar-refractivity contribution in [3.05, 3.63) is 60.0 Å². The number of pyridine rings is 1. The monoisotopic (exact) mass is 498 g/mol. The molecule has 3 aromatic heterocycles. The predicted octanol–water partition coefficient (Wildman–Crippen LogP) is 0.861. The van der Waals surface area contributed by atoms with Crippen LogP contribution < -0.4 is 10.6 Å². The molecule has 0 bridgehead atoms. The van der Waals surface area contributed by atoms with Gasteiger partial charge >= 0.3 is 0 Å². The first-order valence-corrected chi connectivity index (χ1v) is 11.4. The summed E-state index contributed by atoms with van der Waals surface area (Å²) >= 11 is 0. The summed E-state index contributed by atoms with van der Waals surface area (Å²) in [7, 11) is 0. The Morgan fingerprint density at radius 3 is 2.84 bits per heavy atom. The van der Waals surface area contributed by atoms with Crippen LogP contribution in [0.15, 0.2) is 48.9 Å². The quantitative estimate of drug-likeness (QED) is 0.340. The smallest absolute Gasteiger partial charge is 0.264 e. The average Bonchev–Trinajstić information content (AvgIpc) is 3.59. The third-order valence-corrected chi connectivity index (χ3v) is 6.28. The van der Waals surface area contributed by atoms with Crippen LogP contribution in [0.4, 0.5) is 5.69 Å². The van der Waals surface area contributed by atoms with Gasteiger partial charge in [0.2, 0.25) is 17.7 Å². The molecule has 5 heterocycles. The van der Waals surface area contributed by atoms with Crippen molar-refractivity contribution in [2.75, 3.05) is 5.32 Å². The van der Waals surface area contributed by atoms with Gasteiger partial charge in [-0.1, -0.05) is 11.3 Å². The van der Waals surface area contributed by atoms with Crippen molar-refractivity contribution in [2.24, 2.45) is 0 Å². The second kappa shape index (κ2) is 8.48. The van der Waals surface area contributed by atoms with Crippen LogP contribution in [0.3, 0.4) is 0 Å². The van der Waals surface area contributed by atoms with Crippen LogP contribution in [0.2, 0.25) is 0 Å². The van der Waals surface area contributed by atoms with Crippen LogP contribution in [0.1, 0.15) is 33.6 Å². The fraction of sp³-hybridized carbons (Fsp3) is 0.167. The van der Waals surface area contributed by atoms with Gasteiger partial charge in [0.1, 0.15) is 23.9 Å². The molecular weight excluding hydrogens is 480 g/mol. The van der Waals surface area contributed by atoms with E-state index < -0.39 is 35.6 Å². The molecule has 1 saturated heterocycles. The molecule has 184 valence electrons. The normalized spacial score (nSPS) is 17.3. The third kappa shape index (κ3) is 3.82. The molecule has 5 amide bonds. The zero-order valence-corrected chi connectivity index (χ0v) is 19.1. The Hall–Kier alpha value is -5.20. The zero-order chi connectivity index (χ0) is 25.7. The second-order valence-electron chi connectivity index (χ2n) is 8.66. The van der Waals surface area contributed by atoms with Crippen molar-refractivity contribution in [2.45, 2.75) is 25.4 Å². The number of nitrogens with zero attached hydrogens (tertiary/aromatic N) is 5. The number of aromatic nitrogens is 5. The topological polar surface area (TPSA) is 172 Å². The molecule has 1 atom stereocenters.